The highest BCUT2D eigenvalue weighted by molar-refractivity contribution is 7.09. The minimum absolute atomic E-state index is 0.407. The summed E-state index contributed by atoms with van der Waals surface area (Å²) in [5, 5.41) is 5.75. The third-order valence-corrected chi connectivity index (χ3v) is 3.99. The molecule has 0 bridgehead atoms. The molecule has 2 aromatic heterocycles. The van der Waals surface area contributed by atoms with E-state index in [4.69, 9.17) is 4.42 Å². The maximum atomic E-state index is 5.43. The highest BCUT2D eigenvalue weighted by atomic mass is 32.1. The molecule has 2 heterocycles. The lowest BCUT2D eigenvalue weighted by atomic mass is 10.0. The van der Waals surface area contributed by atoms with Gasteiger partial charge >= 0.3 is 0 Å². The summed E-state index contributed by atoms with van der Waals surface area (Å²) in [6, 6.07) is 6.88. The van der Waals surface area contributed by atoms with Crippen molar-refractivity contribution in [2.24, 2.45) is 0 Å². The van der Waals surface area contributed by atoms with Gasteiger partial charge in [0.25, 0.3) is 0 Å². The molecule has 0 amide bonds. The molecule has 1 atom stereocenters. The molecular formula is C15H21NOS. The molecule has 0 saturated heterocycles. The van der Waals surface area contributed by atoms with Crippen LogP contribution in [0.5, 0.6) is 0 Å². The van der Waals surface area contributed by atoms with E-state index in [9.17, 15) is 0 Å². The maximum Gasteiger partial charge on any atom is 0.101 e. The summed E-state index contributed by atoms with van der Waals surface area (Å²) >= 11 is 1.84. The summed E-state index contributed by atoms with van der Waals surface area (Å²) in [6.07, 6.45) is 5.30. The topological polar surface area (TPSA) is 25.2 Å². The fourth-order valence-electron chi connectivity index (χ4n) is 2.09. The number of hydrogen-bond donors (Lipinski definition) is 1. The molecule has 0 saturated carbocycles. The van der Waals surface area contributed by atoms with Gasteiger partial charge in [-0.15, -0.1) is 11.3 Å². The van der Waals surface area contributed by atoms with Gasteiger partial charge in [-0.05, 0) is 50.2 Å². The maximum absolute atomic E-state index is 5.43. The normalized spacial score (nSPS) is 12.8. The van der Waals surface area contributed by atoms with Crippen LogP contribution in [-0.2, 0) is 6.42 Å². The molecule has 3 heteroatoms. The minimum atomic E-state index is 0.407. The Labute approximate surface area is 113 Å². The van der Waals surface area contributed by atoms with E-state index in [0.29, 0.717) is 6.04 Å². The minimum Gasteiger partial charge on any atom is -0.469 e. The van der Waals surface area contributed by atoms with Gasteiger partial charge in [-0.3, -0.25) is 0 Å². The first-order valence-electron chi connectivity index (χ1n) is 6.60. The lowest BCUT2D eigenvalue weighted by Crippen LogP contribution is -2.22. The second-order valence-electron chi connectivity index (χ2n) is 4.62. The predicted molar refractivity (Wildman–Crippen MR) is 77.1 cm³/mol. The van der Waals surface area contributed by atoms with Crippen molar-refractivity contribution in [1.29, 1.82) is 0 Å². The van der Waals surface area contributed by atoms with E-state index >= 15 is 0 Å². The average molecular weight is 263 g/mol. The van der Waals surface area contributed by atoms with E-state index < -0.39 is 0 Å². The Morgan fingerprint density at radius 2 is 2.33 bits per heavy atom. The van der Waals surface area contributed by atoms with Crippen molar-refractivity contribution in [1.82, 2.24) is 5.32 Å². The molecule has 0 spiro atoms. The first kappa shape index (κ1) is 13.4. The molecule has 0 fully saturated rings. The molecule has 0 aromatic carbocycles. The van der Waals surface area contributed by atoms with E-state index in [0.717, 1.165) is 31.6 Å². The molecule has 0 aliphatic rings. The highest BCUT2D eigenvalue weighted by Crippen LogP contribution is 2.22. The SMILES string of the molecule is CCCNC(CCc1cccs1)c1coc(C)c1. The Morgan fingerprint density at radius 3 is 2.94 bits per heavy atom. The Balaban J connectivity index is 1.96. The predicted octanol–water partition coefficient (Wildman–Crippen LogP) is 4.32. The third kappa shape index (κ3) is 3.72. The molecule has 1 unspecified atom stereocenters. The zero-order chi connectivity index (χ0) is 12.8. The van der Waals surface area contributed by atoms with E-state index in [2.05, 4.69) is 35.8 Å². The van der Waals surface area contributed by atoms with E-state index in [-0.39, 0.29) is 0 Å². The van der Waals surface area contributed by atoms with Gasteiger partial charge in [-0.1, -0.05) is 13.0 Å². The molecule has 18 heavy (non-hydrogen) atoms. The van der Waals surface area contributed by atoms with Gasteiger partial charge in [-0.2, -0.15) is 0 Å². The van der Waals surface area contributed by atoms with Crippen molar-refractivity contribution in [3.05, 3.63) is 46.0 Å². The first-order valence-corrected chi connectivity index (χ1v) is 7.48. The van der Waals surface area contributed by atoms with Gasteiger partial charge in [0.05, 0.1) is 6.26 Å². The van der Waals surface area contributed by atoms with E-state index in [1.807, 2.05) is 24.5 Å². The lowest BCUT2D eigenvalue weighted by Gasteiger charge is -2.16. The van der Waals surface area contributed by atoms with Gasteiger partial charge in [0.15, 0.2) is 0 Å². The van der Waals surface area contributed by atoms with Crippen LogP contribution in [0.1, 0.15) is 42.0 Å². The molecule has 0 aliphatic carbocycles. The zero-order valence-electron chi connectivity index (χ0n) is 11.1. The van der Waals surface area contributed by atoms with Gasteiger partial charge in [0.2, 0.25) is 0 Å². The fraction of sp³-hybridized carbons (Fsp3) is 0.467. The smallest absolute Gasteiger partial charge is 0.101 e. The van der Waals surface area contributed by atoms with Crippen molar-refractivity contribution < 1.29 is 4.42 Å². The average Bonchev–Trinajstić information content (AvgIpc) is 3.01. The van der Waals surface area contributed by atoms with E-state index in [1.165, 1.54) is 10.4 Å². The molecular weight excluding hydrogens is 242 g/mol. The number of furan rings is 1. The molecule has 0 radical (unpaired) electrons. The van der Waals surface area contributed by atoms with Crippen molar-refractivity contribution in [2.75, 3.05) is 6.54 Å². The zero-order valence-corrected chi connectivity index (χ0v) is 11.9. The van der Waals surface area contributed by atoms with Crippen molar-refractivity contribution >= 4 is 11.3 Å². The third-order valence-electron chi connectivity index (χ3n) is 3.05. The van der Waals surface area contributed by atoms with Crippen LogP contribution in [0.3, 0.4) is 0 Å². The van der Waals surface area contributed by atoms with Crippen molar-refractivity contribution in [3.8, 4) is 0 Å². The molecule has 0 aliphatic heterocycles. The van der Waals surface area contributed by atoms with Crippen LogP contribution >= 0.6 is 11.3 Å². The lowest BCUT2D eigenvalue weighted by molar-refractivity contribution is 0.485. The number of nitrogens with one attached hydrogen (secondary N) is 1. The number of hydrogen-bond acceptors (Lipinski definition) is 3. The van der Waals surface area contributed by atoms with Crippen LogP contribution in [0.2, 0.25) is 0 Å². The summed E-state index contributed by atoms with van der Waals surface area (Å²) < 4.78 is 5.43. The second-order valence-corrected chi connectivity index (χ2v) is 5.65. The fourth-order valence-corrected chi connectivity index (χ4v) is 2.82. The van der Waals surface area contributed by atoms with Crippen molar-refractivity contribution in [2.45, 2.75) is 39.2 Å². The number of aryl methyl sites for hydroxylation is 2. The van der Waals surface area contributed by atoms with Gasteiger partial charge < -0.3 is 9.73 Å². The van der Waals surface area contributed by atoms with Crippen LogP contribution in [0.4, 0.5) is 0 Å². The second kappa shape index (κ2) is 6.76. The van der Waals surface area contributed by atoms with Crippen LogP contribution in [0.25, 0.3) is 0 Å². The van der Waals surface area contributed by atoms with Crippen LogP contribution in [0, 0.1) is 6.92 Å². The molecule has 98 valence electrons. The Kier molecular flexibility index (Phi) is 5.02. The van der Waals surface area contributed by atoms with Crippen LogP contribution in [-0.4, -0.2) is 6.54 Å². The summed E-state index contributed by atoms with van der Waals surface area (Å²) in [5.74, 6) is 0.990. The molecule has 2 rings (SSSR count). The Hall–Kier alpha value is -1.06. The van der Waals surface area contributed by atoms with Crippen LogP contribution in [0.15, 0.2) is 34.3 Å². The molecule has 2 nitrogen and oxygen atoms in total. The monoisotopic (exact) mass is 263 g/mol. The summed E-state index contributed by atoms with van der Waals surface area (Å²) in [4.78, 5) is 1.46. The highest BCUT2D eigenvalue weighted by Gasteiger charge is 2.13. The quantitative estimate of drug-likeness (QED) is 0.804. The van der Waals surface area contributed by atoms with Crippen molar-refractivity contribution in [3.63, 3.8) is 0 Å². The molecule has 1 N–H and O–H groups in total. The van der Waals surface area contributed by atoms with Gasteiger partial charge in [-0.25, -0.2) is 0 Å². The number of thiophene rings is 1. The van der Waals surface area contributed by atoms with E-state index in [1.54, 1.807) is 0 Å². The number of rotatable bonds is 7. The summed E-state index contributed by atoms with van der Waals surface area (Å²) in [5.41, 5.74) is 1.28. The summed E-state index contributed by atoms with van der Waals surface area (Å²) in [6.45, 7) is 5.25. The first-order chi connectivity index (χ1) is 8.79. The molecule has 2 aromatic rings. The summed E-state index contributed by atoms with van der Waals surface area (Å²) in [7, 11) is 0. The van der Waals surface area contributed by atoms with Gasteiger partial charge in [0.1, 0.15) is 5.76 Å². The van der Waals surface area contributed by atoms with Gasteiger partial charge in [0, 0.05) is 16.5 Å². The standard InChI is InChI=1S/C15H21NOS/c1-3-8-16-15(13-10-12(2)17-11-13)7-6-14-5-4-9-18-14/h4-5,9-11,15-16H,3,6-8H2,1-2H3. The Morgan fingerprint density at radius 1 is 1.44 bits per heavy atom. The largest absolute Gasteiger partial charge is 0.469 e. The Bertz CT molecular complexity index is 447. The van der Waals surface area contributed by atoms with Crippen LogP contribution < -0.4 is 5.32 Å².